The minimum atomic E-state index is -3.62. The van der Waals surface area contributed by atoms with Crippen molar-refractivity contribution in [1.29, 1.82) is 0 Å². The van der Waals surface area contributed by atoms with Gasteiger partial charge in [-0.05, 0) is 6.42 Å². The van der Waals surface area contributed by atoms with Crippen LogP contribution < -0.4 is 4.72 Å². The third-order valence-electron chi connectivity index (χ3n) is 2.44. The van der Waals surface area contributed by atoms with Gasteiger partial charge >= 0.3 is 5.97 Å². The average Bonchev–Trinajstić information content (AvgIpc) is 2.34. The number of ether oxygens (including phenoxy) is 1. The smallest absolute Gasteiger partial charge is 0.306 e. The molecule has 0 aliphatic carbocycles. The predicted molar refractivity (Wildman–Crippen MR) is 68.8 cm³/mol. The number of nitrogens with zero attached hydrogens (tertiary/aromatic N) is 1. The van der Waals surface area contributed by atoms with E-state index in [4.69, 9.17) is 6.42 Å². The Balaban J connectivity index is 4.43. The van der Waals surface area contributed by atoms with Crippen LogP contribution in [0.15, 0.2) is 0 Å². The molecule has 18 heavy (non-hydrogen) atoms. The summed E-state index contributed by atoms with van der Waals surface area (Å²) in [6.45, 7) is 1.91. The topological polar surface area (TPSA) is 75.7 Å². The number of carbonyl (C=O) groups excluding carboxylic acids is 1. The van der Waals surface area contributed by atoms with Crippen LogP contribution in [0, 0.1) is 12.3 Å². The van der Waals surface area contributed by atoms with E-state index in [1.807, 2.05) is 6.92 Å². The minimum absolute atomic E-state index is 0.0137. The summed E-state index contributed by atoms with van der Waals surface area (Å²) < 4.78 is 31.7. The molecular formula is C11H20N2O4S. The molecule has 0 aromatic heterocycles. The van der Waals surface area contributed by atoms with Gasteiger partial charge in [-0.15, -0.1) is 12.3 Å². The lowest BCUT2D eigenvalue weighted by Gasteiger charge is -2.21. The highest BCUT2D eigenvalue weighted by Crippen LogP contribution is 2.03. The zero-order valence-corrected chi connectivity index (χ0v) is 11.8. The zero-order chi connectivity index (χ0) is 14.2. The first kappa shape index (κ1) is 16.9. The molecule has 0 fully saturated rings. The first-order valence-electron chi connectivity index (χ1n) is 5.61. The lowest BCUT2D eigenvalue weighted by Crippen LogP contribution is -2.44. The fourth-order valence-corrected chi connectivity index (χ4v) is 2.37. The van der Waals surface area contributed by atoms with Gasteiger partial charge in [-0.1, -0.05) is 6.92 Å². The Morgan fingerprint density at radius 1 is 1.56 bits per heavy atom. The van der Waals surface area contributed by atoms with Crippen LogP contribution in [-0.4, -0.2) is 45.4 Å². The van der Waals surface area contributed by atoms with E-state index in [1.165, 1.54) is 14.2 Å². The molecule has 0 amide bonds. The van der Waals surface area contributed by atoms with Crippen LogP contribution in [0.3, 0.4) is 0 Å². The first-order valence-corrected chi connectivity index (χ1v) is 7.05. The third kappa shape index (κ3) is 6.00. The zero-order valence-electron chi connectivity index (χ0n) is 11.0. The molecule has 0 aromatic carbocycles. The summed E-state index contributed by atoms with van der Waals surface area (Å²) in [4.78, 5) is 10.9. The normalized spacial score (nSPS) is 13.1. The molecule has 0 aromatic rings. The summed E-state index contributed by atoms with van der Waals surface area (Å²) >= 11 is 0. The van der Waals surface area contributed by atoms with Gasteiger partial charge in [0, 0.05) is 26.1 Å². The predicted octanol–water partition coefficient (Wildman–Crippen LogP) is 0.118. The SMILES string of the molecule is C#CCC(CC)NS(=O)(=O)N(C)CCC(=O)OC. The van der Waals surface area contributed by atoms with E-state index < -0.39 is 16.2 Å². The Kier molecular flexibility index (Phi) is 7.59. The van der Waals surface area contributed by atoms with Crippen LogP contribution in [0.4, 0.5) is 0 Å². The van der Waals surface area contributed by atoms with Gasteiger partial charge in [0.2, 0.25) is 0 Å². The average molecular weight is 276 g/mol. The van der Waals surface area contributed by atoms with Crippen molar-refractivity contribution < 1.29 is 17.9 Å². The number of hydrogen-bond acceptors (Lipinski definition) is 4. The maximum Gasteiger partial charge on any atom is 0.306 e. The Labute approximate surface area is 109 Å². The van der Waals surface area contributed by atoms with E-state index in [2.05, 4.69) is 15.4 Å². The Morgan fingerprint density at radius 3 is 2.61 bits per heavy atom. The van der Waals surface area contributed by atoms with Crippen LogP contribution in [0.1, 0.15) is 26.2 Å². The van der Waals surface area contributed by atoms with Crippen molar-refractivity contribution >= 4 is 16.2 Å². The summed E-state index contributed by atoms with van der Waals surface area (Å²) in [5.74, 6) is 1.97. The molecule has 1 atom stereocenters. The first-order chi connectivity index (χ1) is 8.37. The highest BCUT2D eigenvalue weighted by Gasteiger charge is 2.21. The van der Waals surface area contributed by atoms with Gasteiger partial charge in [-0.3, -0.25) is 4.79 Å². The molecule has 0 saturated carbocycles. The minimum Gasteiger partial charge on any atom is -0.469 e. The second-order valence-corrected chi connectivity index (χ2v) is 5.59. The molecule has 0 saturated heterocycles. The quantitative estimate of drug-likeness (QED) is 0.504. The Morgan fingerprint density at radius 2 is 2.17 bits per heavy atom. The highest BCUT2D eigenvalue weighted by atomic mass is 32.2. The van der Waals surface area contributed by atoms with Crippen molar-refractivity contribution in [3.8, 4) is 12.3 Å². The number of rotatable bonds is 8. The molecule has 7 heteroatoms. The second-order valence-electron chi connectivity index (χ2n) is 3.78. The molecule has 0 rings (SSSR count). The van der Waals surface area contributed by atoms with Crippen LogP contribution >= 0.6 is 0 Å². The highest BCUT2D eigenvalue weighted by molar-refractivity contribution is 7.87. The number of esters is 1. The molecule has 0 aliphatic rings. The lowest BCUT2D eigenvalue weighted by atomic mass is 10.2. The largest absolute Gasteiger partial charge is 0.469 e. The third-order valence-corrected chi connectivity index (χ3v) is 4.08. The molecule has 6 nitrogen and oxygen atoms in total. The van der Waals surface area contributed by atoms with Gasteiger partial charge in [0.05, 0.1) is 13.5 Å². The number of methoxy groups -OCH3 is 1. The van der Waals surface area contributed by atoms with Crippen molar-refractivity contribution in [2.45, 2.75) is 32.2 Å². The molecule has 0 radical (unpaired) electrons. The maximum atomic E-state index is 11.9. The fourth-order valence-electron chi connectivity index (χ4n) is 1.18. The molecule has 104 valence electrons. The van der Waals surface area contributed by atoms with Gasteiger partial charge < -0.3 is 4.74 Å². The lowest BCUT2D eigenvalue weighted by molar-refractivity contribution is -0.140. The van der Waals surface area contributed by atoms with Gasteiger partial charge in [0.25, 0.3) is 10.2 Å². The van der Waals surface area contributed by atoms with Crippen LogP contribution in [0.5, 0.6) is 0 Å². The molecule has 0 aliphatic heterocycles. The van der Waals surface area contributed by atoms with Gasteiger partial charge in [-0.2, -0.15) is 17.4 Å². The molecular weight excluding hydrogens is 256 g/mol. The summed E-state index contributed by atoms with van der Waals surface area (Å²) in [6.07, 6.45) is 6.11. The number of hydrogen-bond donors (Lipinski definition) is 1. The van der Waals surface area contributed by atoms with E-state index in [0.29, 0.717) is 12.8 Å². The van der Waals surface area contributed by atoms with Crippen molar-refractivity contribution in [2.75, 3.05) is 20.7 Å². The van der Waals surface area contributed by atoms with E-state index in [1.54, 1.807) is 0 Å². The van der Waals surface area contributed by atoms with E-state index >= 15 is 0 Å². The van der Waals surface area contributed by atoms with E-state index in [9.17, 15) is 13.2 Å². The fraction of sp³-hybridized carbons (Fsp3) is 0.727. The van der Waals surface area contributed by atoms with Crippen molar-refractivity contribution in [3.63, 3.8) is 0 Å². The monoisotopic (exact) mass is 276 g/mol. The second kappa shape index (κ2) is 8.08. The molecule has 0 spiro atoms. The van der Waals surface area contributed by atoms with Crippen molar-refractivity contribution in [2.24, 2.45) is 0 Å². The Bertz CT molecular complexity index is 400. The van der Waals surface area contributed by atoms with Crippen LogP contribution in [0.2, 0.25) is 0 Å². The molecule has 1 unspecified atom stereocenters. The number of terminal acetylenes is 1. The Hall–Kier alpha value is -1.10. The van der Waals surface area contributed by atoms with Gasteiger partial charge in [0.15, 0.2) is 0 Å². The van der Waals surface area contributed by atoms with Gasteiger partial charge in [-0.25, -0.2) is 0 Å². The summed E-state index contributed by atoms with van der Waals surface area (Å²) in [6, 6.07) is -0.291. The number of nitrogens with one attached hydrogen (secondary N) is 1. The molecule has 1 N–H and O–H groups in total. The summed E-state index contributed by atoms with van der Waals surface area (Å²) in [5, 5.41) is 0. The van der Waals surface area contributed by atoms with Crippen LogP contribution in [-0.2, 0) is 19.7 Å². The maximum absolute atomic E-state index is 11.9. The standard InChI is InChI=1S/C11H20N2O4S/c1-5-7-10(6-2)12-18(15,16)13(3)9-8-11(14)17-4/h1,10,12H,6-9H2,2-4H3. The number of carbonyl (C=O) groups is 1. The van der Waals surface area contributed by atoms with Gasteiger partial charge in [0.1, 0.15) is 0 Å². The molecule has 0 heterocycles. The molecule has 0 bridgehead atoms. The van der Waals surface area contributed by atoms with E-state index in [0.717, 1.165) is 4.31 Å². The van der Waals surface area contributed by atoms with Crippen LogP contribution in [0.25, 0.3) is 0 Å². The summed E-state index contributed by atoms with van der Waals surface area (Å²) in [7, 11) is -0.962. The van der Waals surface area contributed by atoms with Crippen molar-refractivity contribution in [1.82, 2.24) is 9.03 Å². The van der Waals surface area contributed by atoms with Crippen molar-refractivity contribution in [3.05, 3.63) is 0 Å². The summed E-state index contributed by atoms with van der Waals surface area (Å²) in [5.41, 5.74) is 0. The van der Waals surface area contributed by atoms with E-state index in [-0.39, 0.29) is 19.0 Å².